The molecule has 2 heterocycles. The normalized spacial score (nSPS) is 14.5. The minimum atomic E-state index is -1.26. The van der Waals surface area contributed by atoms with E-state index < -0.39 is 11.9 Å². The van der Waals surface area contributed by atoms with Crippen molar-refractivity contribution in [2.24, 2.45) is 0 Å². The summed E-state index contributed by atoms with van der Waals surface area (Å²) in [6.07, 6.45) is 4.18. The lowest BCUT2D eigenvalue weighted by Gasteiger charge is -2.20. The second-order valence-electron chi connectivity index (χ2n) is 4.59. The van der Waals surface area contributed by atoms with E-state index in [4.69, 9.17) is 21.2 Å². The van der Waals surface area contributed by atoms with Crippen molar-refractivity contribution in [3.05, 3.63) is 28.8 Å². The summed E-state index contributed by atoms with van der Waals surface area (Å²) in [4.78, 5) is 26.2. The monoisotopic (exact) mass is 336 g/mol. The Morgan fingerprint density at radius 1 is 1.43 bits per heavy atom. The Hall–Kier alpha value is -2.70. The number of hydrogen-bond acceptors (Lipinski definition) is 7. The number of nitriles is 1. The third kappa shape index (κ3) is 6.29. The topological polar surface area (TPSA) is 141 Å². The SMILES string of the molecule is CN1CC=C(c2nc(N)sc2C#N)CC1.O=C(O)/C=C/C(=O)O. The van der Waals surface area contributed by atoms with Crippen molar-refractivity contribution in [1.82, 2.24) is 9.88 Å². The molecule has 1 aliphatic rings. The van der Waals surface area contributed by atoms with Crippen molar-refractivity contribution in [2.75, 3.05) is 25.9 Å². The first-order chi connectivity index (χ1) is 10.8. The number of thiazole rings is 1. The van der Waals surface area contributed by atoms with Crippen LogP contribution in [0.3, 0.4) is 0 Å². The Morgan fingerprint density at radius 2 is 2.04 bits per heavy atom. The Morgan fingerprint density at radius 3 is 2.48 bits per heavy atom. The molecule has 0 aromatic carbocycles. The fraction of sp³-hybridized carbons (Fsp3) is 0.286. The molecule has 2 rings (SSSR count). The maximum atomic E-state index is 9.55. The second kappa shape index (κ2) is 8.67. The van der Waals surface area contributed by atoms with Crippen molar-refractivity contribution in [2.45, 2.75) is 6.42 Å². The van der Waals surface area contributed by atoms with Gasteiger partial charge in [-0.15, -0.1) is 0 Å². The largest absolute Gasteiger partial charge is 0.478 e. The molecule has 0 amide bonds. The van der Waals surface area contributed by atoms with Crippen LogP contribution < -0.4 is 5.73 Å². The van der Waals surface area contributed by atoms with E-state index in [1.54, 1.807) is 0 Å². The summed E-state index contributed by atoms with van der Waals surface area (Å²) in [5.74, 6) is -2.51. The third-order valence-electron chi connectivity index (χ3n) is 2.83. The number of rotatable bonds is 3. The van der Waals surface area contributed by atoms with Gasteiger partial charge in [-0.2, -0.15) is 5.26 Å². The molecule has 8 nitrogen and oxygen atoms in total. The number of carboxylic acids is 2. The Kier molecular flexibility index (Phi) is 6.92. The fourth-order valence-corrected chi connectivity index (χ4v) is 2.42. The van der Waals surface area contributed by atoms with Crippen LogP contribution in [0.25, 0.3) is 5.57 Å². The van der Waals surface area contributed by atoms with E-state index in [1.807, 2.05) is 0 Å². The quantitative estimate of drug-likeness (QED) is 0.695. The highest BCUT2D eigenvalue weighted by Gasteiger charge is 2.16. The number of nitrogens with two attached hydrogens (primary N) is 1. The van der Waals surface area contributed by atoms with E-state index in [2.05, 4.69) is 29.1 Å². The molecule has 23 heavy (non-hydrogen) atoms. The van der Waals surface area contributed by atoms with Gasteiger partial charge in [0.1, 0.15) is 10.9 Å². The molecular weight excluding hydrogens is 320 g/mol. The first-order valence-corrected chi connectivity index (χ1v) is 7.33. The Bertz CT molecular complexity index is 671. The minimum absolute atomic E-state index is 0.473. The number of hydrogen-bond donors (Lipinski definition) is 3. The molecule has 1 aromatic rings. The first kappa shape index (κ1) is 18.3. The summed E-state index contributed by atoms with van der Waals surface area (Å²) in [6, 6.07) is 2.15. The fourth-order valence-electron chi connectivity index (χ4n) is 1.76. The van der Waals surface area contributed by atoms with Crippen LogP contribution in [0.15, 0.2) is 18.2 Å². The van der Waals surface area contributed by atoms with Crippen LogP contribution in [-0.2, 0) is 9.59 Å². The van der Waals surface area contributed by atoms with Gasteiger partial charge in [0.2, 0.25) is 0 Å². The van der Waals surface area contributed by atoms with Crippen LogP contribution >= 0.6 is 11.3 Å². The van der Waals surface area contributed by atoms with Gasteiger partial charge >= 0.3 is 11.9 Å². The molecular formula is C14H16N4O4S. The van der Waals surface area contributed by atoms with Crippen LogP contribution in [-0.4, -0.2) is 52.2 Å². The molecule has 0 bridgehead atoms. The van der Waals surface area contributed by atoms with Crippen LogP contribution in [0.1, 0.15) is 17.0 Å². The van der Waals surface area contributed by atoms with Crippen molar-refractivity contribution >= 4 is 34.0 Å². The van der Waals surface area contributed by atoms with Crippen LogP contribution in [0.5, 0.6) is 0 Å². The van der Waals surface area contributed by atoms with Gasteiger partial charge < -0.3 is 20.8 Å². The summed E-state index contributed by atoms with van der Waals surface area (Å²) >= 11 is 1.26. The first-order valence-electron chi connectivity index (χ1n) is 6.51. The van der Waals surface area contributed by atoms with E-state index in [-0.39, 0.29) is 0 Å². The summed E-state index contributed by atoms with van der Waals surface area (Å²) < 4.78 is 0. The molecule has 0 unspecified atom stereocenters. The number of aliphatic carboxylic acids is 2. The van der Waals surface area contributed by atoms with Crippen molar-refractivity contribution in [1.29, 1.82) is 5.26 Å². The van der Waals surface area contributed by atoms with Crippen LogP contribution in [0.2, 0.25) is 0 Å². The molecule has 0 aliphatic carbocycles. The molecule has 0 atom stereocenters. The van der Waals surface area contributed by atoms with Gasteiger partial charge in [-0.25, -0.2) is 14.6 Å². The average Bonchev–Trinajstić information content (AvgIpc) is 2.87. The molecule has 1 aromatic heterocycles. The lowest BCUT2D eigenvalue weighted by atomic mass is 10.0. The zero-order valence-corrected chi connectivity index (χ0v) is 13.2. The lowest BCUT2D eigenvalue weighted by molar-refractivity contribution is -0.134. The van der Waals surface area contributed by atoms with Gasteiger partial charge in [-0.1, -0.05) is 17.4 Å². The van der Waals surface area contributed by atoms with Gasteiger partial charge in [0.05, 0.1) is 5.69 Å². The van der Waals surface area contributed by atoms with E-state index in [0.29, 0.717) is 22.2 Å². The molecule has 0 radical (unpaired) electrons. The summed E-state index contributed by atoms with van der Waals surface area (Å²) in [5, 5.41) is 25.0. The number of likely N-dealkylation sites (N-methyl/N-ethyl adjacent to an activating group) is 1. The summed E-state index contributed by atoms with van der Waals surface area (Å²) in [5.41, 5.74) is 7.54. The molecule has 0 spiro atoms. The van der Waals surface area contributed by atoms with E-state index in [0.717, 1.165) is 30.8 Å². The molecule has 9 heteroatoms. The highest BCUT2D eigenvalue weighted by atomic mass is 32.1. The highest BCUT2D eigenvalue weighted by Crippen LogP contribution is 2.29. The number of anilines is 1. The lowest BCUT2D eigenvalue weighted by Crippen LogP contribution is -2.23. The van der Waals surface area contributed by atoms with Crippen molar-refractivity contribution < 1.29 is 19.8 Å². The van der Waals surface area contributed by atoms with Crippen LogP contribution in [0.4, 0.5) is 5.13 Å². The van der Waals surface area contributed by atoms with Crippen molar-refractivity contribution in [3.63, 3.8) is 0 Å². The average molecular weight is 336 g/mol. The Balaban J connectivity index is 0.000000284. The zero-order chi connectivity index (χ0) is 17.4. The van der Waals surface area contributed by atoms with Gasteiger partial charge in [0.15, 0.2) is 5.13 Å². The van der Waals surface area contributed by atoms with Crippen LogP contribution in [0, 0.1) is 11.3 Å². The van der Waals surface area contributed by atoms with Gasteiger partial charge in [-0.3, -0.25) is 0 Å². The molecule has 0 saturated carbocycles. The summed E-state index contributed by atoms with van der Waals surface area (Å²) in [7, 11) is 2.08. The second-order valence-corrected chi connectivity index (χ2v) is 5.62. The van der Waals surface area contributed by atoms with E-state index >= 15 is 0 Å². The third-order valence-corrected chi connectivity index (χ3v) is 3.62. The maximum Gasteiger partial charge on any atom is 0.328 e. The number of nitrogens with zero attached hydrogens (tertiary/aromatic N) is 3. The number of nitrogen functional groups attached to an aromatic ring is 1. The molecule has 122 valence electrons. The molecule has 1 aliphatic heterocycles. The summed E-state index contributed by atoms with van der Waals surface area (Å²) in [6.45, 7) is 1.92. The highest BCUT2D eigenvalue weighted by molar-refractivity contribution is 7.16. The van der Waals surface area contributed by atoms with Gasteiger partial charge in [0, 0.05) is 25.2 Å². The minimum Gasteiger partial charge on any atom is -0.478 e. The van der Waals surface area contributed by atoms with Crippen molar-refractivity contribution in [3.8, 4) is 6.07 Å². The standard InChI is InChI=1S/C10H12N4S.C4H4O4/c1-14-4-2-7(3-5-14)9-8(6-11)15-10(12)13-9;5-3(6)1-2-4(7)8/h2H,3-5H2,1H3,(H2,12,13);1-2H,(H,5,6)(H,7,8)/b;2-1+. The molecule has 0 fully saturated rings. The number of carbonyl (C=O) groups is 2. The van der Waals surface area contributed by atoms with Gasteiger partial charge in [-0.05, 0) is 19.0 Å². The number of carboxylic acid groups (broad SMARTS) is 2. The molecule has 0 saturated heterocycles. The zero-order valence-electron chi connectivity index (χ0n) is 12.4. The predicted molar refractivity (Wildman–Crippen MR) is 85.7 cm³/mol. The van der Waals surface area contributed by atoms with E-state index in [9.17, 15) is 9.59 Å². The van der Waals surface area contributed by atoms with Gasteiger partial charge in [0.25, 0.3) is 0 Å². The smallest absolute Gasteiger partial charge is 0.328 e. The number of aromatic nitrogens is 1. The molecule has 4 N–H and O–H groups in total. The maximum absolute atomic E-state index is 9.55. The predicted octanol–water partition coefficient (Wildman–Crippen LogP) is 1.03. The Labute approximate surface area is 136 Å². The van der Waals surface area contributed by atoms with E-state index in [1.165, 1.54) is 11.3 Å².